The van der Waals surface area contributed by atoms with E-state index in [-0.39, 0.29) is 17.6 Å². The van der Waals surface area contributed by atoms with Gasteiger partial charge in [0, 0.05) is 38.0 Å². The Labute approximate surface area is 229 Å². The first kappa shape index (κ1) is 29.6. The Morgan fingerprint density at radius 2 is 1.29 bits per heavy atom. The summed E-state index contributed by atoms with van der Waals surface area (Å²) < 4.78 is 35.4. The van der Waals surface area contributed by atoms with Crippen molar-refractivity contribution < 1.29 is 22.4 Å². The Hall–Kier alpha value is -0.630. The summed E-state index contributed by atoms with van der Waals surface area (Å²) in [6.07, 6.45) is 0. The van der Waals surface area contributed by atoms with Crippen LogP contribution >= 0.6 is 81.9 Å². The summed E-state index contributed by atoms with van der Waals surface area (Å²) in [6, 6.07) is 14.4. The van der Waals surface area contributed by atoms with E-state index in [1.165, 1.54) is 26.2 Å². The number of hydrogen-bond acceptors (Lipinski definition) is 6. The van der Waals surface area contributed by atoms with Gasteiger partial charge in [0.1, 0.15) is 0 Å². The molecule has 0 unspecified atom stereocenters. The zero-order valence-corrected chi connectivity index (χ0v) is 23.4. The third-order valence-electron chi connectivity index (χ3n) is 3.78. The smallest absolute Gasteiger partial charge is 0.268 e. The average molecular weight is 630 g/mol. The van der Waals surface area contributed by atoms with Crippen molar-refractivity contribution in [3.8, 4) is 0 Å². The molecule has 0 spiro atoms. The van der Waals surface area contributed by atoms with Crippen molar-refractivity contribution in [2.24, 2.45) is 0 Å². The number of para-hydroxylation sites is 1. The summed E-state index contributed by atoms with van der Waals surface area (Å²) in [6.45, 7) is 0. The number of amides is 2. The molecule has 0 bridgehead atoms. The van der Waals surface area contributed by atoms with Crippen LogP contribution in [0.25, 0.3) is 0 Å². The van der Waals surface area contributed by atoms with Crippen LogP contribution in [0.5, 0.6) is 0 Å². The molecular formula is C18H15Cl5FN3O4S3. The number of halogens is 6. The zero-order chi connectivity index (χ0) is 25.9. The normalized spacial score (nSPS) is 14.1. The fourth-order valence-corrected chi connectivity index (χ4v) is 6.41. The number of fused-ring (bicyclic) bond motifs is 1. The molecule has 34 heavy (non-hydrogen) atoms. The van der Waals surface area contributed by atoms with Crippen molar-refractivity contribution in [2.75, 3.05) is 17.8 Å². The Kier molecular flexibility index (Phi) is 10.1. The van der Waals surface area contributed by atoms with E-state index in [4.69, 9.17) is 58.0 Å². The number of imide groups is 1. The van der Waals surface area contributed by atoms with Crippen molar-refractivity contribution in [2.45, 2.75) is 7.04 Å². The molecule has 7 nitrogen and oxygen atoms in total. The van der Waals surface area contributed by atoms with Crippen molar-refractivity contribution in [3.63, 3.8) is 0 Å². The summed E-state index contributed by atoms with van der Waals surface area (Å²) in [5, 5.41) is 0. The highest BCUT2D eigenvalue weighted by Gasteiger charge is 2.40. The SMILES string of the molecule is CN(C)S(=O)(=O)N(SC(F)(Cl)Cl)c1ccccc1.O=C1c2ccccc2C(=O)N1SC(Cl)(Cl)Cl. The van der Waals surface area contributed by atoms with Crippen LogP contribution < -0.4 is 3.71 Å². The van der Waals surface area contributed by atoms with E-state index in [9.17, 15) is 22.4 Å². The van der Waals surface area contributed by atoms with Crippen molar-refractivity contribution >= 4 is 110 Å². The standard InChI is InChI=1S/C9H4Cl3NO2S.C9H11Cl2FN2O2S2/c10-9(11,12)16-13-7(14)5-3-1-2-4-6(5)8(13)15;1-13(2)18(15,16)14(17-9(10,11)12)8-6-4-3-5-7-8/h1-4H;3-7H,1-2H3. The third-order valence-corrected chi connectivity index (χ3v) is 8.46. The minimum Gasteiger partial charge on any atom is -0.268 e. The lowest BCUT2D eigenvalue weighted by molar-refractivity contribution is 0.0777. The fraction of sp³-hybridized carbons (Fsp3) is 0.222. The minimum absolute atomic E-state index is 0.158. The van der Waals surface area contributed by atoms with Gasteiger partial charge in [-0.2, -0.15) is 20.8 Å². The number of hydrogen-bond donors (Lipinski definition) is 0. The van der Waals surface area contributed by atoms with Gasteiger partial charge in [-0.1, -0.05) is 88.3 Å². The Morgan fingerprint density at radius 1 is 0.853 bits per heavy atom. The maximum absolute atomic E-state index is 13.3. The first-order valence-electron chi connectivity index (χ1n) is 8.82. The van der Waals surface area contributed by atoms with Crippen molar-refractivity contribution in [1.82, 2.24) is 8.61 Å². The molecular weight excluding hydrogens is 615 g/mol. The highest BCUT2D eigenvalue weighted by atomic mass is 35.6. The van der Waals surface area contributed by atoms with E-state index >= 15 is 0 Å². The maximum atomic E-state index is 13.3. The molecule has 0 radical (unpaired) electrons. The second kappa shape index (κ2) is 11.6. The average Bonchev–Trinajstić information content (AvgIpc) is 2.96. The molecule has 186 valence electrons. The van der Waals surface area contributed by atoms with Crippen LogP contribution in [0.3, 0.4) is 0 Å². The largest absolute Gasteiger partial charge is 0.324 e. The van der Waals surface area contributed by atoms with Crippen LogP contribution in [0.1, 0.15) is 20.7 Å². The Morgan fingerprint density at radius 3 is 1.68 bits per heavy atom. The molecule has 0 aromatic heterocycles. The molecule has 3 rings (SSSR count). The van der Waals surface area contributed by atoms with Gasteiger partial charge in [-0.05, 0) is 24.3 Å². The molecule has 2 aromatic rings. The molecule has 1 heterocycles. The number of anilines is 1. The highest BCUT2D eigenvalue weighted by Crippen LogP contribution is 2.44. The van der Waals surface area contributed by atoms with E-state index in [0.29, 0.717) is 23.1 Å². The fourth-order valence-electron chi connectivity index (χ4n) is 2.38. The molecule has 0 saturated carbocycles. The molecule has 0 atom stereocenters. The van der Waals surface area contributed by atoms with Gasteiger partial charge >= 0.3 is 14.1 Å². The van der Waals surface area contributed by atoms with Gasteiger partial charge in [-0.25, -0.2) is 4.31 Å². The molecule has 0 fully saturated rings. The van der Waals surface area contributed by atoms with Gasteiger partial charge < -0.3 is 0 Å². The predicted octanol–water partition coefficient (Wildman–Crippen LogP) is 6.26. The molecule has 0 aliphatic carbocycles. The van der Waals surface area contributed by atoms with Crippen LogP contribution in [0, 0.1) is 0 Å². The number of rotatable bonds is 6. The van der Waals surface area contributed by atoms with E-state index < -0.39 is 29.1 Å². The van der Waals surface area contributed by atoms with Crippen LogP contribution in [0.2, 0.25) is 0 Å². The summed E-state index contributed by atoms with van der Waals surface area (Å²) in [7, 11) is -1.25. The minimum atomic E-state index is -3.90. The lowest BCUT2D eigenvalue weighted by atomic mass is 10.1. The summed E-state index contributed by atoms with van der Waals surface area (Å²) >= 11 is 27.8. The van der Waals surface area contributed by atoms with E-state index in [0.717, 1.165) is 12.3 Å². The number of benzene rings is 2. The number of alkyl halides is 6. The van der Waals surface area contributed by atoms with Crippen molar-refractivity contribution in [3.05, 3.63) is 65.7 Å². The molecule has 1 aliphatic heterocycles. The topological polar surface area (TPSA) is 78.0 Å². The first-order chi connectivity index (χ1) is 15.5. The number of nitrogens with zero attached hydrogens (tertiary/aromatic N) is 3. The van der Waals surface area contributed by atoms with E-state index in [2.05, 4.69) is 0 Å². The summed E-state index contributed by atoms with van der Waals surface area (Å²) in [5.74, 6) is -0.922. The van der Waals surface area contributed by atoms with Crippen molar-refractivity contribution in [1.29, 1.82) is 0 Å². The number of carbonyl (C=O) groups is 2. The quantitative estimate of drug-likeness (QED) is 0.213. The Balaban J connectivity index is 0.000000241. The Bertz CT molecular complexity index is 1110. The molecule has 2 amide bonds. The van der Waals surface area contributed by atoms with Gasteiger partial charge in [-0.3, -0.25) is 9.59 Å². The summed E-state index contributed by atoms with van der Waals surface area (Å²) in [5.41, 5.74) is 0.906. The lowest BCUT2D eigenvalue weighted by Crippen LogP contribution is -2.37. The van der Waals surface area contributed by atoms with E-state index in [1.807, 2.05) is 0 Å². The number of carbonyl (C=O) groups excluding carboxylic acids is 2. The first-order valence-corrected chi connectivity index (χ1v) is 13.7. The second-order valence-corrected chi connectivity index (χ2v) is 15.5. The second-order valence-electron chi connectivity index (χ2n) is 6.38. The highest BCUT2D eigenvalue weighted by molar-refractivity contribution is 8.15. The van der Waals surface area contributed by atoms with Gasteiger partial charge in [0.25, 0.3) is 14.9 Å². The molecule has 0 N–H and O–H groups in total. The molecule has 0 saturated heterocycles. The molecule has 1 aliphatic rings. The lowest BCUT2D eigenvalue weighted by Gasteiger charge is -2.27. The van der Waals surface area contributed by atoms with Crippen LogP contribution in [0.15, 0.2) is 54.6 Å². The third kappa shape index (κ3) is 7.94. The zero-order valence-electron chi connectivity index (χ0n) is 17.2. The van der Waals surface area contributed by atoms with Gasteiger partial charge in [0.15, 0.2) is 0 Å². The monoisotopic (exact) mass is 627 g/mol. The van der Waals surface area contributed by atoms with Gasteiger partial charge in [0.05, 0.1) is 16.8 Å². The molecule has 16 heteroatoms. The van der Waals surface area contributed by atoms with Gasteiger partial charge in [-0.15, -0.1) is 0 Å². The van der Waals surface area contributed by atoms with Crippen LogP contribution in [0.4, 0.5) is 10.1 Å². The predicted molar refractivity (Wildman–Crippen MR) is 139 cm³/mol. The maximum Gasteiger partial charge on any atom is 0.324 e. The summed E-state index contributed by atoms with van der Waals surface area (Å²) in [4.78, 5) is 23.6. The molecule has 2 aromatic carbocycles. The van der Waals surface area contributed by atoms with Gasteiger partial charge in [0.2, 0.25) is 0 Å². The van der Waals surface area contributed by atoms with Crippen LogP contribution in [-0.2, 0) is 10.2 Å². The van der Waals surface area contributed by atoms with E-state index in [1.54, 1.807) is 42.5 Å². The van der Waals surface area contributed by atoms with Crippen LogP contribution in [-0.4, -0.2) is 50.0 Å².